The highest BCUT2D eigenvalue weighted by atomic mass is 28.3. The van der Waals surface area contributed by atoms with Crippen LogP contribution in [0.15, 0.2) is 101 Å². The Kier molecular flexibility index (Phi) is 6.26. The van der Waals surface area contributed by atoms with Gasteiger partial charge in [0.15, 0.2) is 0 Å². The first kappa shape index (κ1) is 25.9. The normalized spacial score (nSPS) is 13.7. The molecular formula is C41H42N2OSi. The van der Waals surface area contributed by atoms with E-state index in [9.17, 15) is 0 Å². The van der Waals surface area contributed by atoms with Gasteiger partial charge in [0.2, 0.25) is 0 Å². The van der Waals surface area contributed by atoms with Crippen molar-refractivity contribution in [1.82, 2.24) is 9.55 Å². The lowest BCUT2D eigenvalue weighted by Gasteiger charge is -2.24. The number of hydrogen-bond donors (Lipinski definition) is 0. The fourth-order valence-electron chi connectivity index (χ4n) is 6.56. The zero-order valence-corrected chi connectivity index (χ0v) is 28.2. The first-order chi connectivity index (χ1) is 22.7. The van der Waals surface area contributed by atoms with Gasteiger partial charge in [0, 0.05) is 14.9 Å². The number of aromatic nitrogens is 2. The van der Waals surface area contributed by atoms with E-state index in [0.29, 0.717) is 11.2 Å². The number of hydrogen-bond acceptors (Lipinski definition) is 2. The summed E-state index contributed by atoms with van der Waals surface area (Å²) in [4.78, 5) is 5.27. The molecule has 0 N–H and O–H groups in total. The summed E-state index contributed by atoms with van der Waals surface area (Å²) in [7, 11) is -1.41. The van der Waals surface area contributed by atoms with E-state index in [-0.39, 0.29) is 17.4 Å². The van der Waals surface area contributed by atoms with E-state index in [1.54, 1.807) is 12.1 Å². The molecule has 2 heterocycles. The van der Waals surface area contributed by atoms with Crippen LogP contribution in [0.25, 0.3) is 61.2 Å². The van der Waals surface area contributed by atoms with Crippen molar-refractivity contribution in [2.75, 3.05) is 0 Å². The zero-order chi connectivity index (χ0) is 34.1. The number of furan rings is 1. The van der Waals surface area contributed by atoms with E-state index in [2.05, 4.69) is 113 Å². The summed E-state index contributed by atoms with van der Waals surface area (Å²) in [6.07, 6.45) is 0. The minimum absolute atomic E-state index is 0.244. The van der Waals surface area contributed by atoms with Crippen molar-refractivity contribution in [3.8, 4) is 28.2 Å². The molecule has 45 heavy (non-hydrogen) atoms. The Morgan fingerprint density at radius 1 is 0.733 bits per heavy atom. The van der Waals surface area contributed by atoms with Crippen molar-refractivity contribution in [3.63, 3.8) is 0 Å². The van der Waals surface area contributed by atoms with Crippen molar-refractivity contribution in [1.29, 1.82) is 0 Å². The van der Waals surface area contributed by atoms with Gasteiger partial charge in [-0.25, -0.2) is 4.98 Å². The third-order valence-electron chi connectivity index (χ3n) is 9.02. The maximum atomic E-state index is 7.94. The van der Waals surface area contributed by atoms with E-state index in [1.165, 1.54) is 27.4 Å². The van der Waals surface area contributed by atoms with E-state index in [0.717, 1.165) is 38.9 Å². The Morgan fingerprint density at radius 3 is 2.11 bits per heavy atom. The molecule has 0 atom stereocenters. The third-order valence-corrected chi connectivity index (χ3v) is 11.1. The van der Waals surface area contributed by atoms with Crippen molar-refractivity contribution in [2.24, 2.45) is 0 Å². The molecule has 0 saturated carbocycles. The fourth-order valence-corrected chi connectivity index (χ4v) is 7.72. The molecule has 0 amide bonds. The van der Waals surface area contributed by atoms with Gasteiger partial charge in [-0.1, -0.05) is 113 Å². The number of fused-ring (bicyclic) bond motifs is 4. The van der Waals surface area contributed by atoms with Crippen LogP contribution in [0.2, 0.25) is 19.6 Å². The molecule has 0 aliphatic rings. The molecule has 0 saturated heterocycles. The maximum absolute atomic E-state index is 7.94. The lowest BCUT2D eigenvalue weighted by molar-refractivity contribution is 0.669. The molecule has 0 spiro atoms. The van der Waals surface area contributed by atoms with Crippen molar-refractivity contribution >= 4 is 46.2 Å². The van der Waals surface area contributed by atoms with Crippen LogP contribution in [0, 0.1) is 6.85 Å². The first-order valence-electron chi connectivity index (χ1n) is 17.4. The van der Waals surface area contributed by atoms with Gasteiger partial charge in [0.25, 0.3) is 0 Å². The Balaban J connectivity index is 1.51. The van der Waals surface area contributed by atoms with Gasteiger partial charge >= 0.3 is 0 Å². The molecule has 3 nitrogen and oxygen atoms in total. The highest BCUT2D eigenvalue weighted by molar-refractivity contribution is 6.88. The van der Waals surface area contributed by atoms with Gasteiger partial charge in [-0.15, -0.1) is 0 Å². The van der Waals surface area contributed by atoms with Crippen LogP contribution in [0.3, 0.4) is 0 Å². The van der Waals surface area contributed by atoms with Gasteiger partial charge in [-0.3, -0.25) is 4.57 Å². The van der Waals surface area contributed by atoms with Crippen LogP contribution in [0.4, 0.5) is 0 Å². The SMILES string of the molecule is [2H]C([2H])([2H])c1ccc2c(c1)oc1c(-c3nc4ccccc4n3-c3c(C(C)C)cc(-c4ccc([Si](C)(C)C)cc4)cc3C(C)C)cccc12. The molecule has 0 fully saturated rings. The van der Waals surface area contributed by atoms with Crippen LogP contribution < -0.4 is 5.19 Å². The second-order valence-corrected chi connectivity index (χ2v) is 19.0. The highest BCUT2D eigenvalue weighted by Gasteiger charge is 2.25. The summed E-state index contributed by atoms with van der Waals surface area (Å²) < 4.78 is 32.7. The topological polar surface area (TPSA) is 31.0 Å². The Morgan fingerprint density at radius 2 is 1.44 bits per heavy atom. The number of imidazole rings is 1. The summed E-state index contributed by atoms with van der Waals surface area (Å²) in [5.41, 5.74) is 10.4. The smallest absolute Gasteiger partial charge is 0.149 e. The Hall–Kier alpha value is -4.41. The average Bonchev–Trinajstić information content (AvgIpc) is 3.61. The number of rotatable bonds is 6. The monoisotopic (exact) mass is 609 g/mol. The quantitative estimate of drug-likeness (QED) is 0.176. The average molecular weight is 610 g/mol. The summed E-state index contributed by atoms with van der Waals surface area (Å²) in [5, 5.41) is 3.28. The van der Waals surface area contributed by atoms with Crippen molar-refractivity contribution in [2.45, 2.75) is 66.0 Å². The van der Waals surface area contributed by atoms with Crippen molar-refractivity contribution < 1.29 is 8.53 Å². The fraction of sp³-hybridized carbons (Fsp3) is 0.244. The maximum Gasteiger partial charge on any atom is 0.149 e. The lowest BCUT2D eigenvalue weighted by atomic mass is 9.88. The molecule has 0 bridgehead atoms. The van der Waals surface area contributed by atoms with E-state index < -0.39 is 14.9 Å². The Bertz CT molecular complexity index is 2290. The number of benzene rings is 5. The van der Waals surface area contributed by atoms with Gasteiger partial charge in [-0.05, 0) is 82.9 Å². The molecule has 7 aromatic rings. The zero-order valence-electron chi connectivity index (χ0n) is 30.2. The predicted octanol–water partition coefficient (Wildman–Crippen LogP) is 11.4. The first-order valence-corrected chi connectivity index (χ1v) is 19.4. The highest BCUT2D eigenvalue weighted by Crippen LogP contribution is 2.42. The summed E-state index contributed by atoms with van der Waals surface area (Å²) in [6, 6.07) is 33.6. The van der Waals surface area contributed by atoms with Gasteiger partial charge in [0.1, 0.15) is 17.0 Å². The van der Waals surface area contributed by atoms with Gasteiger partial charge in [0.05, 0.1) is 30.4 Å². The largest absolute Gasteiger partial charge is 0.455 e. The molecular weight excluding hydrogens is 565 g/mol. The summed E-state index contributed by atoms with van der Waals surface area (Å²) in [5.74, 6) is 1.29. The number of para-hydroxylation sites is 3. The molecule has 4 heteroatoms. The molecule has 2 aromatic heterocycles. The summed E-state index contributed by atoms with van der Waals surface area (Å²) >= 11 is 0. The third kappa shape index (κ3) is 5.02. The van der Waals surface area contributed by atoms with Crippen LogP contribution in [-0.4, -0.2) is 17.6 Å². The number of nitrogens with zero attached hydrogens (tertiary/aromatic N) is 2. The standard InChI is InChI=1S/C41H42N2OSi/c1-25(2)34-23-29(28-17-19-30(20-18-28)45(6,7)8)24-35(26(3)4)39(34)43-37-15-10-9-14-36(37)42-41(43)33-13-11-12-32-31-21-16-27(5)22-38(31)44-40(32)33/h9-26H,1-8H3/i5D3. The van der Waals surface area contributed by atoms with Crippen LogP contribution in [0.1, 0.15) is 60.3 Å². The van der Waals surface area contributed by atoms with Gasteiger partial charge < -0.3 is 4.42 Å². The lowest BCUT2D eigenvalue weighted by Crippen LogP contribution is -2.37. The molecule has 7 rings (SSSR count). The Labute approximate surface area is 271 Å². The van der Waals surface area contributed by atoms with E-state index in [4.69, 9.17) is 13.5 Å². The summed E-state index contributed by atoms with van der Waals surface area (Å²) in [6.45, 7) is 14.0. The molecule has 5 aromatic carbocycles. The molecule has 226 valence electrons. The second-order valence-electron chi connectivity index (χ2n) is 13.9. The van der Waals surface area contributed by atoms with Crippen molar-refractivity contribution in [3.05, 3.63) is 114 Å². The molecule has 0 radical (unpaired) electrons. The van der Waals surface area contributed by atoms with E-state index in [1.807, 2.05) is 24.3 Å². The second kappa shape index (κ2) is 10.9. The number of aryl methyl sites for hydroxylation is 1. The molecule has 0 aliphatic heterocycles. The van der Waals surface area contributed by atoms with Crippen LogP contribution in [0.5, 0.6) is 0 Å². The van der Waals surface area contributed by atoms with Gasteiger partial charge in [-0.2, -0.15) is 0 Å². The predicted molar refractivity (Wildman–Crippen MR) is 195 cm³/mol. The van der Waals surface area contributed by atoms with Crippen LogP contribution in [-0.2, 0) is 0 Å². The minimum atomic E-state index is -2.22. The van der Waals surface area contributed by atoms with E-state index >= 15 is 0 Å². The van der Waals surface area contributed by atoms with Crippen LogP contribution >= 0.6 is 0 Å². The molecule has 0 unspecified atom stereocenters. The minimum Gasteiger partial charge on any atom is -0.455 e. The molecule has 0 aliphatic carbocycles.